The number of carbonyl (C=O) groups excluding carboxylic acids is 1. The number of methoxy groups -OCH3 is 1. The van der Waals surface area contributed by atoms with Gasteiger partial charge in [0.05, 0.1) is 25.2 Å². The van der Waals surface area contributed by atoms with Crippen LogP contribution in [0.4, 0.5) is 0 Å². The summed E-state index contributed by atoms with van der Waals surface area (Å²) >= 11 is 0. The van der Waals surface area contributed by atoms with Crippen molar-refractivity contribution >= 4 is 16.8 Å². The van der Waals surface area contributed by atoms with E-state index in [1.165, 1.54) is 0 Å². The number of fused-ring (bicyclic) bond motifs is 1. The molecule has 1 aliphatic heterocycles. The van der Waals surface area contributed by atoms with Crippen LogP contribution in [-0.4, -0.2) is 53.3 Å². The molecule has 1 amide bonds. The van der Waals surface area contributed by atoms with Gasteiger partial charge in [-0.05, 0) is 30.5 Å². The number of ether oxygens (including phenoxy) is 1. The van der Waals surface area contributed by atoms with E-state index < -0.39 is 0 Å². The molecule has 0 spiro atoms. The lowest BCUT2D eigenvalue weighted by Crippen LogP contribution is -2.38. The summed E-state index contributed by atoms with van der Waals surface area (Å²) in [6.07, 6.45) is 2.97. The SMILES string of the molecule is CO[C@H]1C[C@@H](CO)N(C(=O)Cc2c[nH]c3cccc(C)c23)C1. The molecular formula is C17H22N2O3. The molecule has 5 nitrogen and oxygen atoms in total. The third-order valence-electron chi connectivity index (χ3n) is 4.58. The minimum atomic E-state index is -0.135. The quantitative estimate of drug-likeness (QED) is 0.902. The first kappa shape index (κ1) is 15.1. The summed E-state index contributed by atoms with van der Waals surface area (Å²) in [4.78, 5) is 17.6. The summed E-state index contributed by atoms with van der Waals surface area (Å²) in [5.41, 5.74) is 3.23. The number of nitrogens with zero attached hydrogens (tertiary/aromatic N) is 1. The standard InChI is InChI=1S/C17H22N2O3/c1-11-4-3-5-15-17(11)12(8-18-15)6-16(21)19-9-14(22-2)7-13(19)10-20/h3-5,8,13-14,18,20H,6-7,9-10H2,1-2H3/t13-,14-/m0/s1. The molecule has 2 aromatic rings. The van der Waals surface area contributed by atoms with E-state index in [0.717, 1.165) is 22.0 Å². The zero-order valence-corrected chi connectivity index (χ0v) is 13.0. The number of hydrogen-bond donors (Lipinski definition) is 2. The first-order valence-corrected chi connectivity index (χ1v) is 7.62. The van der Waals surface area contributed by atoms with E-state index in [-0.39, 0.29) is 24.7 Å². The number of benzene rings is 1. The van der Waals surface area contributed by atoms with Crippen molar-refractivity contribution in [2.75, 3.05) is 20.3 Å². The molecule has 1 aliphatic rings. The molecule has 1 aromatic carbocycles. The highest BCUT2D eigenvalue weighted by atomic mass is 16.5. The first-order chi connectivity index (χ1) is 10.6. The Kier molecular flexibility index (Phi) is 4.18. The summed E-state index contributed by atoms with van der Waals surface area (Å²) < 4.78 is 5.34. The molecule has 2 heterocycles. The number of amides is 1. The summed E-state index contributed by atoms with van der Waals surface area (Å²) in [5, 5.41) is 10.6. The van der Waals surface area contributed by atoms with E-state index in [1.807, 2.05) is 18.3 Å². The maximum Gasteiger partial charge on any atom is 0.227 e. The number of likely N-dealkylation sites (tertiary alicyclic amines) is 1. The van der Waals surface area contributed by atoms with E-state index in [9.17, 15) is 9.90 Å². The first-order valence-electron chi connectivity index (χ1n) is 7.62. The minimum Gasteiger partial charge on any atom is -0.394 e. The predicted molar refractivity (Wildman–Crippen MR) is 84.7 cm³/mol. The molecule has 0 radical (unpaired) electrons. The molecule has 3 rings (SSSR count). The molecule has 2 atom stereocenters. The van der Waals surface area contributed by atoms with Gasteiger partial charge in [-0.25, -0.2) is 0 Å². The lowest BCUT2D eigenvalue weighted by Gasteiger charge is -2.22. The predicted octanol–water partition coefficient (Wildman–Crippen LogP) is 1.63. The van der Waals surface area contributed by atoms with Crippen molar-refractivity contribution in [1.29, 1.82) is 0 Å². The molecule has 0 saturated carbocycles. The number of carbonyl (C=O) groups is 1. The number of hydrogen-bond acceptors (Lipinski definition) is 3. The smallest absolute Gasteiger partial charge is 0.227 e. The number of H-pyrrole nitrogens is 1. The Labute approximate surface area is 129 Å². The van der Waals surface area contributed by atoms with Gasteiger partial charge in [-0.15, -0.1) is 0 Å². The second-order valence-corrected chi connectivity index (χ2v) is 5.96. The van der Waals surface area contributed by atoms with Gasteiger partial charge in [0, 0.05) is 30.8 Å². The second kappa shape index (κ2) is 6.10. The van der Waals surface area contributed by atoms with Crippen LogP contribution >= 0.6 is 0 Å². The molecule has 22 heavy (non-hydrogen) atoms. The average molecular weight is 302 g/mol. The van der Waals surface area contributed by atoms with Crippen LogP contribution in [0.5, 0.6) is 0 Å². The normalized spacial score (nSPS) is 21.7. The lowest BCUT2D eigenvalue weighted by atomic mass is 10.0. The molecular weight excluding hydrogens is 280 g/mol. The van der Waals surface area contributed by atoms with Gasteiger partial charge in [-0.2, -0.15) is 0 Å². The molecule has 5 heteroatoms. The monoisotopic (exact) mass is 302 g/mol. The number of aryl methyl sites for hydroxylation is 1. The highest BCUT2D eigenvalue weighted by Crippen LogP contribution is 2.25. The van der Waals surface area contributed by atoms with Crippen LogP contribution < -0.4 is 0 Å². The van der Waals surface area contributed by atoms with Crippen molar-refractivity contribution in [2.45, 2.75) is 31.9 Å². The lowest BCUT2D eigenvalue weighted by molar-refractivity contribution is -0.132. The van der Waals surface area contributed by atoms with Gasteiger partial charge in [0.25, 0.3) is 0 Å². The van der Waals surface area contributed by atoms with Crippen LogP contribution in [0.1, 0.15) is 17.5 Å². The van der Waals surface area contributed by atoms with Crippen molar-refractivity contribution in [3.63, 3.8) is 0 Å². The van der Waals surface area contributed by atoms with Crippen LogP contribution in [0.25, 0.3) is 10.9 Å². The van der Waals surface area contributed by atoms with Crippen molar-refractivity contribution in [3.8, 4) is 0 Å². The number of aromatic amines is 1. The number of rotatable bonds is 4. The Morgan fingerprint density at radius 1 is 1.50 bits per heavy atom. The molecule has 0 aliphatic carbocycles. The van der Waals surface area contributed by atoms with Gasteiger partial charge in [0.2, 0.25) is 5.91 Å². The van der Waals surface area contributed by atoms with Crippen LogP contribution in [0, 0.1) is 6.92 Å². The van der Waals surface area contributed by atoms with E-state index in [2.05, 4.69) is 18.0 Å². The van der Waals surface area contributed by atoms with E-state index in [0.29, 0.717) is 19.4 Å². The highest BCUT2D eigenvalue weighted by Gasteiger charge is 2.34. The Bertz CT molecular complexity index is 680. The third kappa shape index (κ3) is 2.62. The van der Waals surface area contributed by atoms with Crippen LogP contribution in [0.15, 0.2) is 24.4 Å². The van der Waals surface area contributed by atoms with E-state index in [1.54, 1.807) is 12.0 Å². The van der Waals surface area contributed by atoms with Gasteiger partial charge in [0.1, 0.15) is 0 Å². The Morgan fingerprint density at radius 2 is 2.32 bits per heavy atom. The zero-order chi connectivity index (χ0) is 15.7. The summed E-state index contributed by atoms with van der Waals surface area (Å²) in [6, 6.07) is 5.94. The van der Waals surface area contributed by atoms with Crippen molar-refractivity contribution in [3.05, 3.63) is 35.5 Å². The maximum atomic E-state index is 12.6. The molecule has 0 bridgehead atoms. The fourth-order valence-corrected chi connectivity index (χ4v) is 3.38. The topological polar surface area (TPSA) is 65.6 Å². The Morgan fingerprint density at radius 3 is 3.05 bits per heavy atom. The molecule has 1 saturated heterocycles. The van der Waals surface area contributed by atoms with Gasteiger partial charge >= 0.3 is 0 Å². The molecule has 1 fully saturated rings. The summed E-state index contributed by atoms with van der Waals surface area (Å²) in [6.45, 7) is 2.60. The van der Waals surface area contributed by atoms with Crippen LogP contribution in [0.2, 0.25) is 0 Å². The molecule has 2 N–H and O–H groups in total. The molecule has 1 aromatic heterocycles. The number of aliphatic hydroxyl groups excluding tert-OH is 1. The van der Waals surface area contributed by atoms with Crippen molar-refractivity contribution in [2.24, 2.45) is 0 Å². The molecule has 118 valence electrons. The van der Waals surface area contributed by atoms with Crippen molar-refractivity contribution < 1.29 is 14.6 Å². The van der Waals surface area contributed by atoms with Gasteiger partial charge in [0.15, 0.2) is 0 Å². The summed E-state index contributed by atoms with van der Waals surface area (Å²) in [7, 11) is 1.65. The largest absolute Gasteiger partial charge is 0.394 e. The second-order valence-electron chi connectivity index (χ2n) is 5.96. The number of aliphatic hydroxyl groups is 1. The fourth-order valence-electron chi connectivity index (χ4n) is 3.38. The average Bonchev–Trinajstić information content (AvgIpc) is 3.12. The highest BCUT2D eigenvalue weighted by molar-refractivity contribution is 5.91. The van der Waals surface area contributed by atoms with E-state index in [4.69, 9.17) is 4.74 Å². The number of aromatic nitrogens is 1. The Balaban J connectivity index is 1.81. The summed E-state index contributed by atoms with van der Waals surface area (Å²) in [5.74, 6) is 0.0442. The van der Waals surface area contributed by atoms with Gasteiger partial charge < -0.3 is 19.7 Å². The maximum absolute atomic E-state index is 12.6. The molecule has 0 unspecified atom stereocenters. The van der Waals surface area contributed by atoms with Gasteiger partial charge in [-0.1, -0.05) is 12.1 Å². The zero-order valence-electron chi connectivity index (χ0n) is 13.0. The van der Waals surface area contributed by atoms with Gasteiger partial charge in [-0.3, -0.25) is 4.79 Å². The fraction of sp³-hybridized carbons (Fsp3) is 0.471. The van der Waals surface area contributed by atoms with Crippen LogP contribution in [0.3, 0.4) is 0 Å². The number of nitrogens with one attached hydrogen (secondary N) is 1. The Hall–Kier alpha value is -1.85. The van der Waals surface area contributed by atoms with Crippen LogP contribution in [-0.2, 0) is 16.0 Å². The van der Waals surface area contributed by atoms with E-state index >= 15 is 0 Å². The van der Waals surface area contributed by atoms with Crippen molar-refractivity contribution in [1.82, 2.24) is 9.88 Å². The third-order valence-corrected chi connectivity index (χ3v) is 4.58. The minimum absolute atomic E-state index is 0.0154.